The summed E-state index contributed by atoms with van der Waals surface area (Å²) in [4.78, 5) is 29.1. The maximum atomic E-state index is 5.27. The lowest BCUT2D eigenvalue weighted by Gasteiger charge is -2.15. The van der Waals surface area contributed by atoms with Gasteiger partial charge in [0.1, 0.15) is 24.0 Å². The van der Waals surface area contributed by atoms with Crippen molar-refractivity contribution >= 4 is 43.9 Å². The Balaban J connectivity index is 1.42. The van der Waals surface area contributed by atoms with Gasteiger partial charge in [-0.1, -0.05) is 109 Å². The van der Waals surface area contributed by atoms with Gasteiger partial charge in [0.2, 0.25) is 11.9 Å². The molecule has 0 saturated carbocycles. The Bertz CT molecular complexity index is 2740. The molecule has 9 nitrogen and oxygen atoms in total. The predicted molar refractivity (Wildman–Crippen MR) is 192 cm³/mol. The third kappa shape index (κ3) is 4.19. The molecule has 9 aromatic rings. The fourth-order valence-electron chi connectivity index (χ4n) is 7.18. The molecular weight excluding hydrogens is 607 g/mol. The largest absolute Gasteiger partial charge is 0.306 e. The fourth-order valence-corrected chi connectivity index (χ4v) is 7.18. The van der Waals surface area contributed by atoms with E-state index in [1.807, 2.05) is 36.4 Å². The third-order valence-corrected chi connectivity index (χ3v) is 9.25. The predicted octanol–water partition coefficient (Wildman–Crippen LogP) is 8.31. The minimum Gasteiger partial charge on any atom is -0.306 e. The van der Waals surface area contributed by atoms with Crippen molar-refractivity contribution in [2.24, 2.45) is 0 Å². The van der Waals surface area contributed by atoms with Gasteiger partial charge in [-0.3, -0.25) is 9.13 Å². The summed E-state index contributed by atoms with van der Waals surface area (Å²) in [5, 5.41) is 2.11. The summed E-state index contributed by atoms with van der Waals surface area (Å²) in [7, 11) is 0. The molecule has 9 heteroatoms. The zero-order chi connectivity index (χ0) is 32.3. The molecule has 4 aromatic carbocycles. The lowest BCUT2D eigenvalue weighted by Crippen LogP contribution is -2.11. The number of nitrogens with zero attached hydrogens (tertiary/aromatic N) is 9. The Morgan fingerprint density at radius 1 is 0.531 bits per heavy atom. The van der Waals surface area contributed by atoms with Crippen LogP contribution >= 0.6 is 0 Å². The Kier molecular flexibility index (Phi) is 6.10. The molecule has 5 aromatic heterocycles. The average Bonchev–Trinajstić information content (AvgIpc) is 3.81. The van der Waals surface area contributed by atoms with E-state index in [1.54, 1.807) is 12.7 Å². The van der Waals surface area contributed by atoms with E-state index < -0.39 is 0 Å². The second-order valence-corrected chi connectivity index (χ2v) is 12.0. The molecule has 49 heavy (non-hydrogen) atoms. The molecule has 232 valence electrons. The monoisotopic (exact) mass is 633 g/mol. The summed E-state index contributed by atoms with van der Waals surface area (Å²) in [6.07, 6.45) is 12.4. The molecule has 0 fully saturated rings. The average molecular weight is 634 g/mol. The molecular formula is C40H27N9. The van der Waals surface area contributed by atoms with Gasteiger partial charge >= 0.3 is 0 Å². The van der Waals surface area contributed by atoms with Crippen LogP contribution in [-0.4, -0.2) is 43.6 Å². The summed E-state index contributed by atoms with van der Waals surface area (Å²) >= 11 is 0. The molecule has 0 spiro atoms. The lowest BCUT2D eigenvalue weighted by molar-refractivity contribution is 0.750. The fraction of sp³-hybridized carbons (Fsp3) is 0.0500. The lowest BCUT2D eigenvalue weighted by atomic mass is 10.00. The zero-order valence-corrected chi connectivity index (χ0v) is 26.2. The van der Waals surface area contributed by atoms with Gasteiger partial charge in [-0.05, 0) is 30.7 Å². The van der Waals surface area contributed by atoms with Crippen LogP contribution in [0.3, 0.4) is 0 Å². The molecule has 0 amide bonds. The molecule has 0 N–H and O–H groups in total. The minimum atomic E-state index is 0.0251. The zero-order valence-electron chi connectivity index (χ0n) is 26.2. The Hall–Kier alpha value is -6.74. The summed E-state index contributed by atoms with van der Waals surface area (Å²) in [5.74, 6) is 2.47. The van der Waals surface area contributed by atoms with E-state index in [0.717, 1.165) is 67.4 Å². The summed E-state index contributed by atoms with van der Waals surface area (Å²) < 4.78 is 6.69. The number of aromatic nitrogens is 9. The number of hydrogen-bond acceptors (Lipinski definition) is 6. The van der Waals surface area contributed by atoms with Crippen molar-refractivity contribution in [3.05, 3.63) is 152 Å². The van der Waals surface area contributed by atoms with Crippen LogP contribution in [0.5, 0.6) is 0 Å². The highest BCUT2D eigenvalue weighted by molar-refractivity contribution is 6.25. The standard InChI is InChI=1S/C40H27N9/c1-4-14-26(15-5-1)37-44-38(27-16-6-2-7-17-27)46-40(45-37)48-32-23-13-11-21-30(32)34-36(48)35-33(49(34)39-42-24-41-25-43-39)29-20-10-12-22-31(29)47(35)28-18-8-3-9-19-28/h1-16,18-25,27H,17H2. The Morgan fingerprint density at radius 3 is 1.86 bits per heavy atom. The molecule has 0 bridgehead atoms. The SMILES string of the molecule is C1=CCC(c2nc(-c3ccccc3)nc(-n3c4ccccc4c4c3c3c(c5ccccc5n3-c3ccccc3)n4-c3ncncn3)n2)C=C1. The second-order valence-electron chi connectivity index (χ2n) is 12.0. The summed E-state index contributed by atoms with van der Waals surface area (Å²) in [5.41, 5.74) is 7.93. The van der Waals surface area contributed by atoms with Crippen LogP contribution in [0, 0.1) is 0 Å². The van der Waals surface area contributed by atoms with E-state index >= 15 is 0 Å². The number of hydrogen-bond donors (Lipinski definition) is 0. The van der Waals surface area contributed by atoms with E-state index in [4.69, 9.17) is 24.9 Å². The van der Waals surface area contributed by atoms with Gasteiger partial charge in [0.05, 0.1) is 27.6 Å². The molecule has 0 saturated heterocycles. The second kappa shape index (κ2) is 10.9. The third-order valence-electron chi connectivity index (χ3n) is 9.25. The van der Waals surface area contributed by atoms with Crippen molar-refractivity contribution < 1.29 is 0 Å². The molecule has 1 unspecified atom stereocenters. The van der Waals surface area contributed by atoms with E-state index in [9.17, 15) is 0 Å². The number of rotatable bonds is 5. The number of allylic oxidation sites excluding steroid dienone is 4. The topological polar surface area (TPSA) is 92.1 Å². The molecule has 10 rings (SSSR count). The summed E-state index contributed by atoms with van der Waals surface area (Å²) in [6.45, 7) is 0. The first kappa shape index (κ1) is 27.4. The minimum absolute atomic E-state index is 0.0251. The highest BCUT2D eigenvalue weighted by Crippen LogP contribution is 2.44. The number of fused-ring (bicyclic) bond motifs is 7. The van der Waals surface area contributed by atoms with Crippen molar-refractivity contribution in [2.75, 3.05) is 0 Å². The Morgan fingerprint density at radius 2 is 1.16 bits per heavy atom. The molecule has 0 aliphatic heterocycles. The first-order chi connectivity index (χ1) is 24.3. The first-order valence-electron chi connectivity index (χ1n) is 16.2. The van der Waals surface area contributed by atoms with Gasteiger partial charge in [0.15, 0.2) is 5.82 Å². The van der Waals surface area contributed by atoms with E-state index in [2.05, 4.69) is 116 Å². The Labute approximate surface area is 280 Å². The van der Waals surface area contributed by atoms with Crippen LogP contribution < -0.4 is 0 Å². The van der Waals surface area contributed by atoms with Gasteiger partial charge in [0.25, 0.3) is 0 Å². The van der Waals surface area contributed by atoms with Crippen LogP contribution in [0.25, 0.3) is 72.8 Å². The van der Waals surface area contributed by atoms with Gasteiger partial charge in [-0.25, -0.2) is 19.9 Å². The van der Waals surface area contributed by atoms with Gasteiger partial charge in [0, 0.05) is 27.9 Å². The highest BCUT2D eigenvalue weighted by atomic mass is 15.3. The van der Waals surface area contributed by atoms with E-state index in [0.29, 0.717) is 17.7 Å². The highest BCUT2D eigenvalue weighted by Gasteiger charge is 2.30. The van der Waals surface area contributed by atoms with Crippen molar-refractivity contribution in [1.29, 1.82) is 0 Å². The maximum absolute atomic E-state index is 5.27. The maximum Gasteiger partial charge on any atom is 0.238 e. The molecule has 1 aliphatic carbocycles. The summed E-state index contributed by atoms with van der Waals surface area (Å²) in [6, 6.07) is 37.5. The van der Waals surface area contributed by atoms with Crippen LogP contribution in [0.4, 0.5) is 0 Å². The molecule has 1 aliphatic rings. The number of benzene rings is 4. The molecule has 1 atom stereocenters. The molecule has 0 radical (unpaired) electrons. The van der Waals surface area contributed by atoms with Crippen LogP contribution in [0.15, 0.2) is 146 Å². The van der Waals surface area contributed by atoms with Crippen molar-refractivity contribution in [2.45, 2.75) is 12.3 Å². The van der Waals surface area contributed by atoms with Crippen molar-refractivity contribution in [3.63, 3.8) is 0 Å². The van der Waals surface area contributed by atoms with Crippen molar-refractivity contribution in [1.82, 2.24) is 43.6 Å². The normalized spacial score (nSPS) is 14.5. The van der Waals surface area contributed by atoms with E-state index in [-0.39, 0.29) is 5.92 Å². The van der Waals surface area contributed by atoms with Crippen molar-refractivity contribution in [3.8, 4) is 29.0 Å². The van der Waals surface area contributed by atoms with Crippen LogP contribution in [-0.2, 0) is 0 Å². The molecule has 5 heterocycles. The smallest absolute Gasteiger partial charge is 0.238 e. The van der Waals surface area contributed by atoms with Crippen LogP contribution in [0.1, 0.15) is 18.2 Å². The van der Waals surface area contributed by atoms with Crippen LogP contribution in [0.2, 0.25) is 0 Å². The number of para-hydroxylation sites is 3. The van der Waals surface area contributed by atoms with Gasteiger partial charge in [-0.2, -0.15) is 9.97 Å². The van der Waals surface area contributed by atoms with E-state index in [1.165, 1.54) is 0 Å². The first-order valence-corrected chi connectivity index (χ1v) is 16.2. The van der Waals surface area contributed by atoms with Gasteiger partial charge < -0.3 is 4.57 Å². The quantitative estimate of drug-likeness (QED) is 0.189. The van der Waals surface area contributed by atoms with Gasteiger partial charge in [-0.15, -0.1) is 0 Å².